The molecule has 1 heterocycles. The lowest BCUT2D eigenvalue weighted by Gasteiger charge is -2.21. The summed E-state index contributed by atoms with van der Waals surface area (Å²) in [5.41, 5.74) is 2.21. The van der Waals surface area contributed by atoms with Crippen LogP contribution in [0.4, 0.5) is 5.69 Å². The van der Waals surface area contributed by atoms with Gasteiger partial charge in [0.25, 0.3) is 15.9 Å². The van der Waals surface area contributed by atoms with E-state index < -0.39 is 33.9 Å². The van der Waals surface area contributed by atoms with E-state index in [9.17, 15) is 23.1 Å². The summed E-state index contributed by atoms with van der Waals surface area (Å²) in [5.74, 6) is 0.675. The lowest BCUT2D eigenvalue weighted by Crippen LogP contribution is -2.46. The molecule has 0 spiro atoms. The van der Waals surface area contributed by atoms with Crippen LogP contribution in [0.5, 0.6) is 23.1 Å². The summed E-state index contributed by atoms with van der Waals surface area (Å²) in [6, 6.07) is 39.0. The molecule has 0 bridgehead atoms. The molecule has 0 saturated carbocycles. The summed E-state index contributed by atoms with van der Waals surface area (Å²) in [6.45, 7) is 1.32. The first-order valence-electron chi connectivity index (χ1n) is 16.5. The summed E-state index contributed by atoms with van der Waals surface area (Å²) in [7, 11) is -4.23. The van der Waals surface area contributed by atoms with E-state index >= 15 is 0 Å². The van der Waals surface area contributed by atoms with Gasteiger partial charge in [0.1, 0.15) is 28.2 Å². The number of ether oxygens (including phenoxy) is 2. The molecule has 0 aliphatic carbocycles. The van der Waals surface area contributed by atoms with Crippen molar-refractivity contribution in [2.45, 2.75) is 30.4 Å². The molecule has 53 heavy (non-hydrogen) atoms. The molecule has 10 nitrogen and oxygen atoms in total. The number of aliphatic hydroxyl groups is 1. The van der Waals surface area contributed by atoms with Crippen LogP contribution in [0.2, 0.25) is 5.02 Å². The molecule has 0 radical (unpaired) electrons. The van der Waals surface area contributed by atoms with E-state index in [-0.39, 0.29) is 33.5 Å². The Morgan fingerprint density at radius 2 is 1.43 bits per heavy atom. The van der Waals surface area contributed by atoms with Crippen molar-refractivity contribution in [3.8, 4) is 34.3 Å². The van der Waals surface area contributed by atoms with Crippen molar-refractivity contribution in [1.29, 1.82) is 0 Å². The zero-order valence-corrected chi connectivity index (χ0v) is 29.9. The third-order valence-electron chi connectivity index (χ3n) is 8.08. The van der Waals surface area contributed by atoms with Gasteiger partial charge in [0, 0.05) is 16.7 Å². The van der Waals surface area contributed by atoms with Crippen LogP contribution in [0.1, 0.15) is 22.8 Å². The van der Waals surface area contributed by atoms with Gasteiger partial charge in [0.2, 0.25) is 5.88 Å². The minimum Gasteiger partial charge on any atom is -0.457 e. The number of rotatable bonds is 14. The number of para-hydroxylation sites is 3. The molecule has 0 fully saturated rings. The minimum atomic E-state index is -4.23. The zero-order valence-electron chi connectivity index (χ0n) is 28.3. The van der Waals surface area contributed by atoms with E-state index in [4.69, 9.17) is 21.1 Å². The number of hydrogen-bond acceptors (Lipinski definition) is 8. The number of pyridine rings is 1. The van der Waals surface area contributed by atoms with Gasteiger partial charge in [-0.1, -0.05) is 90.5 Å². The van der Waals surface area contributed by atoms with Crippen LogP contribution in [-0.4, -0.2) is 42.3 Å². The van der Waals surface area contributed by atoms with Gasteiger partial charge >= 0.3 is 0 Å². The molecule has 1 unspecified atom stereocenters. The Kier molecular flexibility index (Phi) is 11.5. The number of benzene rings is 5. The van der Waals surface area contributed by atoms with Gasteiger partial charge in [0.05, 0.1) is 23.5 Å². The van der Waals surface area contributed by atoms with E-state index in [2.05, 4.69) is 15.0 Å². The summed E-state index contributed by atoms with van der Waals surface area (Å²) in [6.07, 6.45) is -0.212. The Morgan fingerprint density at radius 3 is 2.08 bits per heavy atom. The molecule has 12 heteroatoms. The minimum absolute atomic E-state index is 0.0443. The van der Waals surface area contributed by atoms with Gasteiger partial charge in [-0.2, -0.15) is 0 Å². The van der Waals surface area contributed by atoms with Crippen LogP contribution in [0.25, 0.3) is 11.1 Å². The quantitative estimate of drug-likeness (QED) is 0.102. The van der Waals surface area contributed by atoms with Crippen molar-refractivity contribution >= 4 is 39.0 Å². The lowest BCUT2D eigenvalue weighted by atomic mass is 9.96. The second kappa shape index (κ2) is 16.6. The van der Waals surface area contributed by atoms with Crippen LogP contribution in [0.3, 0.4) is 0 Å². The number of carbonyl (C=O) groups is 2. The van der Waals surface area contributed by atoms with E-state index in [0.29, 0.717) is 22.8 Å². The number of aromatic nitrogens is 1. The van der Waals surface area contributed by atoms with Crippen LogP contribution >= 0.6 is 11.6 Å². The summed E-state index contributed by atoms with van der Waals surface area (Å²) >= 11 is 6.24. The molecule has 6 rings (SSSR count). The fourth-order valence-electron chi connectivity index (χ4n) is 5.41. The maximum Gasteiger partial charge on any atom is 0.263 e. The highest BCUT2D eigenvalue weighted by Crippen LogP contribution is 2.33. The molecule has 0 aliphatic rings. The number of sulfonamides is 1. The van der Waals surface area contributed by atoms with Crippen molar-refractivity contribution in [3.05, 3.63) is 162 Å². The Bertz CT molecular complexity index is 2310. The number of nitrogens with one attached hydrogen (secondary N) is 2. The molecule has 2 atom stereocenters. The molecular formula is C41H34ClN3O7S. The molecule has 0 saturated heterocycles. The standard InChI is InChI=1S/C41H34ClN3O7S/c1-27(46)40(47)37(24-28-16-18-29(19-17-28)34-14-8-9-15-38(34)51-31-10-4-2-5-11-31)44-41(48)35-25-30(42)20-22-36(35)45-53(49,50)33-21-23-39(43-26-33)52-32-12-6-3-7-13-32/h2-23,25-27,37,45-46H,24H2,1H3,(H,44,48)/t27?,37-/m0/s1. The Balaban J connectivity index is 1.18. The molecule has 1 amide bonds. The SMILES string of the molecule is CC(O)C(=O)[C@H](Cc1ccc(-c2ccccc2Oc2ccccc2)cc1)NC(=O)c1cc(Cl)ccc1NS(=O)(=O)c1ccc(Oc2ccccc2)nc1. The first kappa shape index (κ1) is 36.8. The topological polar surface area (TPSA) is 144 Å². The molecule has 5 aromatic carbocycles. The number of nitrogens with zero attached hydrogens (tertiary/aromatic N) is 1. The highest BCUT2D eigenvalue weighted by Gasteiger charge is 2.27. The van der Waals surface area contributed by atoms with Crippen molar-refractivity contribution in [2.24, 2.45) is 0 Å². The van der Waals surface area contributed by atoms with Crippen molar-refractivity contribution < 1.29 is 32.6 Å². The molecule has 268 valence electrons. The number of hydrogen-bond donors (Lipinski definition) is 3. The Morgan fingerprint density at radius 1 is 0.792 bits per heavy atom. The average Bonchev–Trinajstić information content (AvgIpc) is 3.16. The van der Waals surface area contributed by atoms with E-state index in [1.54, 1.807) is 24.3 Å². The molecule has 1 aromatic heterocycles. The van der Waals surface area contributed by atoms with Gasteiger partial charge in [-0.25, -0.2) is 13.4 Å². The van der Waals surface area contributed by atoms with Gasteiger partial charge in [0.15, 0.2) is 5.78 Å². The second-order valence-corrected chi connectivity index (χ2v) is 14.1. The Hall–Kier alpha value is -6.01. The molecule has 3 N–H and O–H groups in total. The maximum atomic E-state index is 13.7. The number of Topliss-reactive ketones (excluding diaryl/α,β-unsaturated/α-hetero) is 1. The number of halogens is 1. The molecule has 0 aliphatic heterocycles. The monoisotopic (exact) mass is 747 g/mol. The van der Waals surface area contributed by atoms with E-state index in [1.165, 1.54) is 37.3 Å². The predicted octanol–water partition coefficient (Wildman–Crippen LogP) is 8.08. The number of anilines is 1. The fourth-order valence-corrected chi connectivity index (χ4v) is 6.60. The lowest BCUT2D eigenvalue weighted by molar-refractivity contribution is -0.128. The zero-order chi connectivity index (χ0) is 37.4. The first-order valence-corrected chi connectivity index (χ1v) is 18.4. The smallest absolute Gasteiger partial charge is 0.263 e. The normalized spacial score (nSPS) is 12.3. The van der Waals surface area contributed by atoms with E-state index in [1.807, 2.05) is 84.9 Å². The third-order valence-corrected chi connectivity index (χ3v) is 9.66. The van der Waals surface area contributed by atoms with E-state index in [0.717, 1.165) is 17.3 Å². The number of amides is 1. The van der Waals surface area contributed by atoms with Gasteiger partial charge < -0.3 is 19.9 Å². The second-order valence-electron chi connectivity index (χ2n) is 12.0. The Labute approximate surface area is 312 Å². The van der Waals surface area contributed by atoms with Gasteiger partial charge in [-0.15, -0.1) is 0 Å². The van der Waals surface area contributed by atoms with Crippen LogP contribution < -0.4 is 19.5 Å². The van der Waals surface area contributed by atoms with Crippen LogP contribution in [-0.2, 0) is 21.2 Å². The summed E-state index contributed by atoms with van der Waals surface area (Å²) in [5, 5.41) is 13.1. The predicted molar refractivity (Wildman–Crippen MR) is 203 cm³/mol. The average molecular weight is 748 g/mol. The number of carbonyl (C=O) groups excluding carboxylic acids is 2. The largest absolute Gasteiger partial charge is 0.457 e. The van der Waals surface area contributed by atoms with Crippen molar-refractivity contribution in [3.63, 3.8) is 0 Å². The van der Waals surface area contributed by atoms with Gasteiger partial charge in [-0.3, -0.25) is 14.3 Å². The van der Waals surface area contributed by atoms with Crippen molar-refractivity contribution in [2.75, 3.05) is 4.72 Å². The summed E-state index contributed by atoms with van der Waals surface area (Å²) in [4.78, 5) is 30.8. The highest BCUT2D eigenvalue weighted by molar-refractivity contribution is 7.92. The molecular weight excluding hydrogens is 714 g/mol. The third kappa shape index (κ3) is 9.46. The number of ketones is 1. The maximum absolute atomic E-state index is 13.7. The molecule has 6 aromatic rings. The van der Waals surface area contributed by atoms with Crippen LogP contribution in [0.15, 0.2) is 151 Å². The van der Waals surface area contributed by atoms with Gasteiger partial charge in [-0.05, 0) is 79.1 Å². The van der Waals surface area contributed by atoms with Crippen molar-refractivity contribution in [1.82, 2.24) is 10.3 Å². The first-order chi connectivity index (χ1) is 25.6. The number of aliphatic hydroxyl groups excluding tert-OH is 1. The fraction of sp³-hybridized carbons (Fsp3) is 0.0976. The summed E-state index contributed by atoms with van der Waals surface area (Å²) < 4.78 is 41.0. The highest BCUT2D eigenvalue weighted by atomic mass is 35.5. The van der Waals surface area contributed by atoms with Crippen LogP contribution in [0, 0.1) is 0 Å².